The highest BCUT2D eigenvalue weighted by Gasteiger charge is 2.29. The Bertz CT molecular complexity index is 216. The molecule has 2 N–H and O–H groups in total. The van der Waals surface area contributed by atoms with Gasteiger partial charge in [0.15, 0.2) is 0 Å². The quantitative estimate of drug-likeness (QED) is 0.504. The van der Waals surface area contributed by atoms with E-state index in [0.717, 1.165) is 0 Å². The molecule has 0 aromatic rings. The first kappa shape index (κ1) is 15.3. The molecule has 5 nitrogen and oxygen atoms in total. The summed E-state index contributed by atoms with van der Waals surface area (Å²) in [4.78, 5) is 4.94. The molecule has 0 rings (SSSR count). The lowest BCUT2D eigenvalue weighted by molar-refractivity contribution is 0.0452. The van der Waals surface area contributed by atoms with Crippen molar-refractivity contribution in [2.45, 2.75) is 46.0 Å². The molecule has 0 radical (unpaired) electrons. The zero-order valence-corrected chi connectivity index (χ0v) is 10.7. The molecule has 0 unspecified atom stereocenters. The Kier molecular flexibility index (Phi) is 7.29. The van der Waals surface area contributed by atoms with E-state index in [1.165, 1.54) is 6.92 Å². The highest BCUT2D eigenvalue weighted by atomic mass is 16.6. The molecule has 0 fully saturated rings. The predicted octanol–water partition coefficient (Wildman–Crippen LogP) is 0.792. The van der Waals surface area contributed by atoms with Crippen molar-refractivity contribution in [1.29, 1.82) is 0 Å². The van der Waals surface area contributed by atoms with E-state index in [0.29, 0.717) is 12.3 Å². The largest absolute Gasteiger partial charge is 0.396 e. The molecule has 0 aliphatic carbocycles. The monoisotopic (exact) mass is 233 g/mol. The van der Waals surface area contributed by atoms with Gasteiger partial charge in [0.1, 0.15) is 24.5 Å². The maximum absolute atomic E-state index is 9.82. The molecule has 5 heteroatoms. The lowest BCUT2D eigenvalue weighted by Gasteiger charge is -2.25. The van der Waals surface area contributed by atoms with Crippen LogP contribution in [-0.4, -0.2) is 48.0 Å². The minimum atomic E-state index is -1.07. The molecule has 0 aliphatic heterocycles. The van der Waals surface area contributed by atoms with Gasteiger partial charge >= 0.3 is 0 Å². The number of hydrogen-bond acceptors (Lipinski definition) is 5. The second-order valence-corrected chi connectivity index (χ2v) is 4.02. The van der Waals surface area contributed by atoms with Crippen molar-refractivity contribution in [2.24, 2.45) is 11.1 Å². The maximum Gasteiger partial charge on any atom is 0.124 e. The van der Waals surface area contributed by atoms with Crippen molar-refractivity contribution in [3.05, 3.63) is 0 Å². The van der Waals surface area contributed by atoms with Crippen LogP contribution in [0.4, 0.5) is 0 Å². The number of rotatable bonds is 7. The summed E-state index contributed by atoms with van der Waals surface area (Å²) in [5.74, 6) is 0.137. The van der Waals surface area contributed by atoms with E-state index in [1.807, 2.05) is 13.8 Å². The van der Waals surface area contributed by atoms with Gasteiger partial charge < -0.3 is 19.8 Å². The summed E-state index contributed by atoms with van der Waals surface area (Å²) < 4.78 is 5.26. The van der Waals surface area contributed by atoms with Crippen molar-refractivity contribution in [3.63, 3.8) is 0 Å². The molecule has 0 aromatic carbocycles. The SMILES string of the molecule is CCO/N=C(/[C@@H](OC)C(C)C)[C@@H](O)[C@@H](C)O. The van der Waals surface area contributed by atoms with Gasteiger partial charge in [-0.1, -0.05) is 19.0 Å². The van der Waals surface area contributed by atoms with Gasteiger partial charge in [0.05, 0.1) is 6.10 Å². The van der Waals surface area contributed by atoms with Crippen LogP contribution in [-0.2, 0) is 9.57 Å². The topological polar surface area (TPSA) is 71.3 Å². The standard InChI is InChI=1S/C11H23NO4/c1-6-16-12-9(10(14)8(4)13)11(15-5)7(2)3/h7-8,10-11,13-14H,6H2,1-5H3/b12-9+/t8-,10+,11+/m1/s1. The zero-order chi connectivity index (χ0) is 12.7. The third-order valence-corrected chi connectivity index (χ3v) is 2.21. The smallest absolute Gasteiger partial charge is 0.124 e. The molecule has 0 saturated carbocycles. The molecular weight excluding hydrogens is 210 g/mol. The fourth-order valence-electron chi connectivity index (χ4n) is 1.39. The van der Waals surface area contributed by atoms with Crippen LogP contribution in [0.5, 0.6) is 0 Å². The molecule has 0 bridgehead atoms. The first-order chi connectivity index (χ1) is 7.45. The van der Waals surface area contributed by atoms with E-state index >= 15 is 0 Å². The normalized spacial score (nSPS) is 18.4. The number of oxime groups is 1. The van der Waals surface area contributed by atoms with Crippen LogP contribution in [0.3, 0.4) is 0 Å². The summed E-state index contributed by atoms with van der Waals surface area (Å²) in [6.45, 7) is 7.60. The molecule has 96 valence electrons. The second-order valence-electron chi connectivity index (χ2n) is 4.02. The molecule has 3 atom stereocenters. The van der Waals surface area contributed by atoms with Crippen molar-refractivity contribution in [2.75, 3.05) is 13.7 Å². The highest BCUT2D eigenvalue weighted by Crippen LogP contribution is 2.13. The highest BCUT2D eigenvalue weighted by molar-refractivity contribution is 5.92. The van der Waals surface area contributed by atoms with E-state index in [4.69, 9.17) is 9.57 Å². The van der Waals surface area contributed by atoms with Gasteiger partial charge in [0, 0.05) is 7.11 Å². The average Bonchev–Trinajstić information content (AvgIpc) is 2.22. The maximum atomic E-state index is 9.82. The Labute approximate surface area is 97.1 Å². The van der Waals surface area contributed by atoms with Crippen LogP contribution in [0.2, 0.25) is 0 Å². The number of methoxy groups -OCH3 is 1. The van der Waals surface area contributed by atoms with E-state index < -0.39 is 12.2 Å². The molecule has 0 heterocycles. The summed E-state index contributed by atoms with van der Waals surface area (Å²) in [6, 6.07) is 0. The summed E-state index contributed by atoms with van der Waals surface area (Å²) >= 11 is 0. The average molecular weight is 233 g/mol. The van der Waals surface area contributed by atoms with E-state index in [2.05, 4.69) is 5.16 Å². The number of aliphatic hydroxyl groups excluding tert-OH is 2. The van der Waals surface area contributed by atoms with Crippen molar-refractivity contribution >= 4 is 5.71 Å². The van der Waals surface area contributed by atoms with Gasteiger partial charge in [-0.05, 0) is 19.8 Å². The van der Waals surface area contributed by atoms with Crippen molar-refractivity contribution < 1.29 is 19.8 Å². The van der Waals surface area contributed by atoms with Crippen LogP contribution in [0.15, 0.2) is 5.16 Å². The van der Waals surface area contributed by atoms with Crippen LogP contribution in [0, 0.1) is 5.92 Å². The van der Waals surface area contributed by atoms with Crippen LogP contribution in [0.25, 0.3) is 0 Å². The lowest BCUT2D eigenvalue weighted by Crippen LogP contribution is -2.42. The Hall–Kier alpha value is -0.650. The Morgan fingerprint density at radius 2 is 1.81 bits per heavy atom. The van der Waals surface area contributed by atoms with Gasteiger partial charge in [-0.25, -0.2) is 0 Å². The van der Waals surface area contributed by atoms with Gasteiger partial charge in [0.25, 0.3) is 0 Å². The van der Waals surface area contributed by atoms with Crippen LogP contribution >= 0.6 is 0 Å². The van der Waals surface area contributed by atoms with Crippen molar-refractivity contribution in [1.82, 2.24) is 0 Å². The van der Waals surface area contributed by atoms with Crippen LogP contribution < -0.4 is 0 Å². The predicted molar refractivity (Wildman–Crippen MR) is 62.4 cm³/mol. The van der Waals surface area contributed by atoms with Gasteiger partial charge in [0.2, 0.25) is 0 Å². The summed E-state index contributed by atoms with van der Waals surface area (Å²) in [5.41, 5.74) is 0.328. The lowest BCUT2D eigenvalue weighted by atomic mass is 9.96. The number of ether oxygens (including phenoxy) is 1. The molecule has 0 aromatic heterocycles. The fraction of sp³-hybridized carbons (Fsp3) is 0.909. The molecular formula is C11H23NO4. The van der Waals surface area contributed by atoms with E-state index in [9.17, 15) is 10.2 Å². The third kappa shape index (κ3) is 4.47. The first-order valence-corrected chi connectivity index (χ1v) is 5.54. The zero-order valence-electron chi connectivity index (χ0n) is 10.7. The second kappa shape index (κ2) is 7.60. The number of hydrogen-bond donors (Lipinski definition) is 2. The summed E-state index contributed by atoms with van der Waals surface area (Å²) in [6.07, 6.45) is -2.34. The third-order valence-electron chi connectivity index (χ3n) is 2.21. The molecule has 16 heavy (non-hydrogen) atoms. The molecule has 0 saturated heterocycles. The molecule has 0 spiro atoms. The fourth-order valence-corrected chi connectivity index (χ4v) is 1.39. The molecule has 0 amide bonds. The Balaban J connectivity index is 4.91. The summed E-state index contributed by atoms with van der Waals surface area (Å²) in [7, 11) is 1.54. The van der Waals surface area contributed by atoms with Gasteiger partial charge in [-0.15, -0.1) is 0 Å². The van der Waals surface area contributed by atoms with E-state index in [1.54, 1.807) is 14.0 Å². The molecule has 0 aliphatic rings. The number of nitrogens with zero attached hydrogens (tertiary/aromatic N) is 1. The van der Waals surface area contributed by atoms with Crippen molar-refractivity contribution in [3.8, 4) is 0 Å². The first-order valence-electron chi connectivity index (χ1n) is 5.54. The Morgan fingerprint density at radius 1 is 1.25 bits per heavy atom. The summed E-state index contributed by atoms with van der Waals surface area (Å²) in [5, 5.41) is 23.0. The van der Waals surface area contributed by atoms with E-state index in [-0.39, 0.29) is 12.0 Å². The number of aliphatic hydroxyl groups is 2. The Morgan fingerprint density at radius 3 is 2.12 bits per heavy atom. The minimum Gasteiger partial charge on any atom is -0.396 e. The van der Waals surface area contributed by atoms with Gasteiger partial charge in [-0.2, -0.15) is 0 Å². The minimum absolute atomic E-state index is 0.137. The van der Waals surface area contributed by atoms with Gasteiger partial charge in [-0.3, -0.25) is 0 Å². The van der Waals surface area contributed by atoms with Crippen LogP contribution in [0.1, 0.15) is 27.7 Å².